The molecular weight excluding hydrogens is 261 g/mol. The maximum Gasteiger partial charge on any atom is 0.148 e. The van der Waals surface area contributed by atoms with E-state index in [-0.39, 0.29) is 10.8 Å². The van der Waals surface area contributed by atoms with Gasteiger partial charge in [-0.05, 0) is 44.9 Å². The van der Waals surface area contributed by atoms with Crippen molar-refractivity contribution >= 4 is 22.9 Å². The lowest BCUT2D eigenvalue weighted by Crippen LogP contribution is -2.47. The number of nitrogens with two attached hydrogens (primary N) is 1. The lowest BCUT2D eigenvalue weighted by Gasteiger charge is -2.39. The van der Waals surface area contributed by atoms with Crippen molar-refractivity contribution in [3.05, 3.63) is 29.6 Å². The molecule has 0 aliphatic carbocycles. The maximum absolute atomic E-state index is 14.0. The number of halogens is 1. The highest BCUT2D eigenvalue weighted by Gasteiger charge is 2.25. The number of hydrogen-bond acceptors (Lipinski definition) is 3. The molecule has 1 aliphatic rings. The molecule has 0 radical (unpaired) electrons. The zero-order valence-electron chi connectivity index (χ0n) is 11.3. The summed E-state index contributed by atoms with van der Waals surface area (Å²) in [6.45, 7) is 4.31. The summed E-state index contributed by atoms with van der Waals surface area (Å²) in [4.78, 5) is 0.213. The second-order valence-corrected chi connectivity index (χ2v) is 5.65. The maximum atomic E-state index is 14.0. The molecule has 3 N–H and O–H groups in total. The van der Waals surface area contributed by atoms with E-state index in [1.54, 1.807) is 12.1 Å². The summed E-state index contributed by atoms with van der Waals surface area (Å²) in [6.07, 6.45) is 3.48. The van der Waals surface area contributed by atoms with Crippen LogP contribution in [0.25, 0.3) is 0 Å². The average Bonchev–Trinajstić information content (AvgIpc) is 2.35. The molecule has 2 unspecified atom stereocenters. The minimum atomic E-state index is -0.324. The van der Waals surface area contributed by atoms with Gasteiger partial charge in [-0.15, -0.1) is 0 Å². The summed E-state index contributed by atoms with van der Waals surface area (Å²) < 4.78 is 14.0. The molecule has 1 aromatic rings. The standard InChI is InChI=1S/C14H20FN3S/c1-9-4-3-5-10(2)18(9)17-13-7-6-11(14(16)19)8-12(13)15/h6-10,17H,3-5H2,1-2H3,(H2,16,19). The minimum Gasteiger partial charge on any atom is -0.389 e. The van der Waals surface area contributed by atoms with Gasteiger partial charge in [0.25, 0.3) is 0 Å². The summed E-state index contributed by atoms with van der Waals surface area (Å²) in [6, 6.07) is 5.62. The van der Waals surface area contributed by atoms with Crippen LogP contribution in [0.5, 0.6) is 0 Å². The second kappa shape index (κ2) is 5.84. The second-order valence-electron chi connectivity index (χ2n) is 5.21. The molecule has 3 nitrogen and oxygen atoms in total. The monoisotopic (exact) mass is 281 g/mol. The van der Waals surface area contributed by atoms with Gasteiger partial charge in [0.1, 0.15) is 10.8 Å². The number of hydrazine groups is 1. The minimum absolute atomic E-state index is 0.213. The molecule has 0 amide bonds. The van der Waals surface area contributed by atoms with Gasteiger partial charge in [-0.3, -0.25) is 0 Å². The van der Waals surface area contributed by atoms with E-state index < -0.39 is 0 Å². The van der Waals surface area contributed by atoms with E-state index in [0.29, 0.717) is 23.3 Å². The Hall–Kier alpha value is -1.20. The number of benzene rings is 1. The number of piperidine rings is 1. The van der Waals surface area contributed by atoms with Gasteiger partial charge in [0.15, 0.2) is 0 Å². The number of nitrogens with zero attached hydrogens (tertiary/aromatic N) is 1. The predicted octanol–water partition coefficient (Wildman–Crippen LogP) is 3.05. The normalized spacial score (nSPS) is 24.2. The highest BCUT2D eigenvalue weighted by atomic mass is 32.1. The Labute approximate surface area is 118 Å². The molecule has 0 aromatic heterocycles. The van der Waals surface area contributed by atoms with Crippen molar-refractivity contribution < 1.29 is 4.39 Å². The smallest absolute Gasteiger partial charge is 0.148 e. The topological polar surface area (TPSA) is 41.3 Å². The molecule has 1 aliphatic heterocycles. The Kier molecular flexibility index (Phi) is 4.37. The van der Waals surface area contributed by atoms with Crippen LogP contribution >= 0.6 is 12.2 Å². The third kappa shape index (κ3) is 3.22. The molecule has 104 valence electrons. The molecule has 0 spiro atoms. The number of rotatable bonds is 3. The Bertz CT molecular complexity index is 468. The molecule has 19 heavy (non-hydrogen) atoms. The summed E-state index contributed by atoms with van der Waals surface area (Å²) >= 11 is 4.84. The van der Waals surface area contributed by atoms with Crippen molar-refractivity contribution in [3.8, 4) is 0 Å². The first-order valence-corrected chi connectivity index (χ1v) is 7.04. The van der Waals surface area contributed by atoms with Crippen LogP contribution in [-0.2, 0) is 0 Å². The van der Waals surface area contributed by atoms with Crippen LogP contribution in [0, 0.1) is 5.82 Å². The van der Waals surface area contributed by atoms with Gasteiger partial charge >= 0.3 is 0 Å². The molecule has 1 fully saturated rings. The van der Waals surface area contributed by atoms with Gasteiger partial charge in [0.05, 0.1) is 5.69 Å². The fourth-order valence-corrected chi connectivity index (χ4v) is 2.67. The molecule has 0 saturated carbocycles. The molecule has 2 rings (SSSR count). The third-order valence-corrected chi connectivity index (χ3v) is 3.93. The summed E-state index contributed by atoms with van der Waals surface area (Å²) in [7, 11) is 0. The van der Waals surface area contributed by atoms with E-state index in [9.17, 15) is 4.39 Å². The summed E-state index contributed by atoms with van der Waals surface area (Å²) in [5.74, 6) is -0.324. The van der Waals surface area contributed by atoms with Crippen molar-refractivity contribution in [3.63, 3.8) is 0 Å². The molecule has 1 heterocycles. The quantitative estimate of drug-likeness (QED) is 0.836. The van der Waals surface area contributed by atoms with Crippen molar-refractivity contribution in [2.45, 2.75) is 45.2 Å². The van der Waals surface area contributed by atoms with E-state index in [0.717, 1.165) is 12.8 Å². The zero-order valence-corrected chi connectivity index (χ0v) is 12.1. The number of nitrogens with one attached hydrogen (secondary N) is 1. The molecule has 1 saturated heterocycles. The van der Waals surface area contributed by atoms with Crippen LogP contribution < -0.4 is 11.2 Å². The SMILES string of the molecule is CC1CCCC(C)N1Nc1ccc(C(N)=S)cc1F. The van der Waals surface area contributed by atoms with Crippen LogP contribution in [0.4, 0.5) is 10.1 Å². The Morgan fingerprint density at radius 1 is 1.37 bits per heavy atom. The fraction of sp³-hybridized carbons (Fsp3) is 0.500. The van der Waals surface area contributed by atoms with Gasteiger partial charge in [-0.25, -0.2) is 9.40 Å². The van der Waals surface area contributed by atoms with Gasteiger partial charge < -0.3 is 11.2 Å². The van der Waals surface area contributed by atoms with Gasteiger partial charge in [0.2, 0.25) is 0 Å². The Morgan fingerprint density at radius 3 is 2.53 bits per heavy atom. The van der Waals surface area contributed by atoms with Gasteiger partial charge in [0, 0.05) is 17.6 Å². The van der Waals surface area contributed by atoms with Crippen molar-refractivity contribution in [1.82, 2.24) is 5.01 Å². The van der Waals surface area contributed by atoms with E-state index >= 15 is 0 Å². The molecule has 5 heteroatoms. The van der Waals surface area contributed by atoms with E-state index in [4.69, 9.17) is 18.0 Å². The highest BCUT2D eigenvalue weighted by Crippen LogP contribution is 2.25. The fourth-order valence-electron chi connectivity index (χ4n) is 2.54. The lowest BCUT2D eigenvalue weighted by atomic mass is 10.00. The summed E-state index contributed by atoms with van der Waals surface area (Å²) in [5.41, 5.74) is 9.71. The number of thiocarbonyl (C=S) groups is 1. The van der Waals surface area contributed by atoms with Crippen molar-refractivity contribution in [1.29, 1.82) is 0 Å². The van der Waals surface area contributed by atoms with Crippen LogP contribution in [0.2, 0.25) is 0 Å². The van der Waals surface area contributed by atoms with Crippen LogP contribution in [0.1, 0.15) is 38.7 Å². The average molecular weight is 281 g/mol. The molecular formula is C14H20FN3S. The summed E-state index contributed by atoms with van der Waals surface area (Å²) in [5, 5.41) is 2.13. The first kappa shape index (κ1) is 14.2. The van der Waals surface area contributed by atoms with E-state index in [1.807, 2.05) is 0 Å². The van der Waals surface area contributed by atoms with E-state index in [1.165, 1.54) is 12.5 Å². The van der Waals surface area contributed by atoms with Crippen LogP contribution in [0.15, 0.2) is 18.2 Å². The number of hydrogen-bond donors (Lipinski definition) is 2. The van der Waals surface area contributed by atoms with Crippen molar-refractivity contribution in [2.24, 2.45) is 5.73 Å². The Balaban J connectivity index is 2.16. The third-order valence-electron chi connectivity index (χ3n) is 3.70. The van der Waals surface area contributed by atoms with Crippen molar-refractivity contribution in [2.75, 3.05) is 5.43 Å². The van der Waals surface area contributed by atoms with Gasteiger partial charge in [-0.1, -0.05) is 18.6 Å². The zero-order chi connectivity index (χ0) is 14.0. The Morgan fingerprint density at radius 2 is 2.00 bits per heavy atom. The molecule has 2 atom stereocenters. The highest BCUT2D eigenvalue weighted by molar-refractivity contribution is 7.80. The predicted molar refractivity (Wildman–Crippen MR) is 80.5 cm³/mol. The van der Waals surface area contributed by atoms with Crippen LogP contribution in [0.3, 0.4) is 0 Å². The lowest BCUT2D eigenvalue weighted by molar-refractivity contribution is 0.135. The van der Waals surface area contributed by atoms with Gasteiger partial charge in [-0.2, -0.15) is 0 Å². The number of anilines is 1. The molecule has 1 aromatic carbocycles. The molecule has 0 bridgehead atoms. The largest absolute Gasteiger partial charge is 0.389 e. The van der Waals surface area contributed by atoms with Crippen LogP contribution in [-0.4, -0.2) is 22.1 Å². The first-order valence-electron chi connectivity index (χ1n) is 6.63. The van der Waals surface area contributed by atoms with E-state index in [2.05, 4.69) is 24.3 Å². The first-order chi connectivity index (χ1) is 8.99.